The van der Waals surface area contributed by atoms with Gasteiger partial charge in [0.15, 0.2) is 0 Å². The molecular weight excluding hydrogens is 535 g/mol. The molecule has 2 aromatic heterocycles. The van der Waals surface area contributed by atoms with Gasteiger partial charge in [0.05, 0.1) is 22.1 Å². The van der Waals surface area contributed by atoms with Crippen molar-refractivity contribution in [1.29, 1.82) is 0 Å². The maximum Gasteiger partial charge on any atom is 0.333 e. The molecule has 0 spiro atoms. The summed E-state index contributed by atoms with van der Waals surface area (Å²) in [5.74, 6) is 0.724. The van der Waals surface area contributed by atoms with E-state index in [-0.39, 0.29) is 31.0 Å². The number of carbonyl (C=O) groups is 1. The highest BCUT2D eigenvalue weighted by Gasteiger charge is 2.28. The van der Waals surface area contributed by atoms with E-state index in [4.69, 9.17) is 37.3 Å². The van der Waals surface area contributed by atoms with Crippen LogP contribution in [-0.2, 0) is 21.1 Å². The fourth-order valence-electron chi connectivity index (χ4n) is 3.81. The van der Waals surface area contributed by atoms with Crippen LogP contribution in [0, 0.1) is 5.92 Å². The summed E-state index contributed by atoms with van der Waals surface area (Å²) in [4.78, 5) is 22.0. The van der Waals surface area contributed by atoms with E-state index < -0.39 is 10.3 Å². The molecule has 4 rings (SSSR count). The van der Waals surface area contributed by atoms with E-state index in [1.165, 1.54) is 23.9 Å². The minimum Gasteiger partial charge on any atom is -0.487 e. The van der Waals surface area contributed by atoms with Gasteiger partial charge in [-0.25, -0.2) is 15.1 Å². The normalized spacial score (nSPS) is 17.9. The number of nitrogens with zero attached hydrogens (tertiary/aromatic N) is 2. The summed E-state index contributed by atoms with van der Waals surface area (Å²) in [6.07, 6.45) is 5.07. The van der Waals surface area contributed by atoms with E-state index in [0.717, 1.165) is 18.4 Å². The number of halogens is 2. The molecule has 0 bridgehead atoms. The summed E-state index contributed by atoms with van der Waals surface area (Å²) in [7, 11) is -3.96. The van der Waals surface area contributed by atoms with Crippen molar-refractivity contribution in [3.63, 3.8) is 0 Å². The predicted octanol–water partition coefficient (Wildman–Crippen LogP) is 4.46. The lowest BCUT2D eigenvalue weighted by Gasteiger charge is -2.15. The summed E-state index contributed by atoms with van der Waals surface area (Å²) >= 11 is 13.5. The summed E-state index contributed by atoms with van der Waals surface area (Å²) in [5, 5.41) is 10.8. The van der Waals surface area contributed by atoms with Crippen molar-refractivity contribution >= 4 is 56.4 Å². The van der Waals surface area contributed by atoms with E-state index in [9.17, 15) is 13.2 Å². The fraction of sp³-hybridized carbons (Fsp3) is 0.318. The molecule has 9 nitrogen and oxygen atoms in total. The van der Waals surface area contributed by atoms with Crippen LogP contribution in [0.1, 0.15) is 40.1 Å². The molecule has 1 fully saturated rings. The topological polar surface area (TPSA) is 134 Å². The Morgan fingerprint density at radius 2 is 2.11 bits per heavy atom. The van der Waals surface area contributed by atoms with Gasteiger partial charge in [0.1, 0.15) is 29.5 Å². The number of carbonyl (C=O) groups excluding carboxylic acids is 1. The van der Waals surface area contributed by atoms with E-state index in [0.29, 0.717) is 38.5 Å². The summed E-state index contributed by atoms with van der Waals surface area (Å²) < 4.78 is 32.5. The molecular formula is C22H22Cl2N4O5S2. The number of aromatic nitrogens is 2. The van der Waals surface area contributed by atoms with Crippen LogP contribution in [0.25, 0.3) is 0 Å². The molecule has 3 N–H and O–H groups in total. The van der Waals surface area contributed by atoms with Crippen LogP contribution in [-0.4, -0.2) is 36.8 Å². The lowest BCUT2D eigenvalue weighted by atomic mass is 10.1. The van der Waals surface area contributed by atoms with E-state index >= 15 is 0 Å². The van der Waals surface area contributed by atoms with Gasteiger partial charge < -0.3 is 10.1 Å². The van der Waals surface area contributed by atoms with Gasteiger partial charge in [-0.3, -0.25) is 8.98 Å². The number of nitrogens with one attached hydrogen (secondary N) is 1. The second kappa shape index (κ2) is 11.2. The molecule has 1 aliphatic rings. The Morgan fingerprint density at radius 3 is 2.91 bits per heavy atom. The molecule has 1 saturated carbocycles. The second-order valence-corrected chi connectivity index (χ2v) is 11.0. The van der Waals surface area contributed by atoms with E-state index in [1.54, 1.807) is 24.3 Å². The van der Waals surface area contributed by atoms with Gasteiger partial charge in [-0.05, 0) is 48.8 Å². The first kappa shape index (κ1) is 25.8. The average molecular weight is 557 g/mol. The largest absolute Gasteiger partial charge is 0.487 e. The lowest BCUT2D eigenvalue weighted by molar-refractivity contribution is 0.104. The Labute approximate surface area is 216 Å². The smallest absolute Gasteiger partial charge is 0.333 e. The van der Waals surface area contributed by atoms with Crippen molar-refractivity contribution in [1.82, 2.24) is 9.97 Å². The van der Waals surface area contributed by atoms with Gasteiger partial charge >= 0.3 is 10.3 Å². The summed E-state index contributed by atoms with van der Waals surface area (Å²) in [6.45, 7) is 0.261. The molecule has 0 saturated heterocycles. The Morgan fingerprint density at radius 1 is 1.29 bits per heavy atom. The fourth-order valence-corrected chi connectivity index (χ4v) is 5.39. The average Bonchev–Trinajstić information content (AvgIpc) is 3.48. The zero-order chi connectivity index (χ0) is 25.0. The molecule has 2 heterocycles. The van der Waals surface area contributed by atoms with Crippen molar-refractivity contribution in [3.8, 4) is 5.75 Å². The quantitative estimate of drug-likeness (QED) is 0.349. The first-order valence-electron chi connectivity index (χ1n) is 10.6. The molecule has 0 aliphatic heterocycles. The van der Waals surface area contributed by atoms with Crippen LogP contribution >= 0.6 is 34.5 Å². The number of hydrogen-bond acceptors (Lipinski definition) is 9. The molecule has 0 radical (unpaired) electrons. The van der Waals surface area contributed by atoms with Crippen LogP contribution in [0.5, 0.6) is 5.75 Å². The van der Waals surface area contributed by atoms with Crippen LogP contribution in [0.3, 0.4) is 0 Å². The first-order valence-corrected chi connectivity index (χ1v) is 13.7. The monoisotopic (exact) mass is 556 g/mol. The van der Waals surface area contributed by atoms with Gasteiger partial charge in [0.2, 0.25) is 5.78 Å². The minimum atomic E-state index is -3.96. The molecule has 0 amide bonds. The molecule has 2 atom stereocenters. The van der Waals surface area contributed by atoms with Crippen molar-refractivity contribution < 1.29 is 22.1 Å². The maximum absolute atomic E-state index is 13.2. The van der Waals surface area contributed by atoms with Crippen molar-refractivity contribution in [2.75, 3.05) is 11.9 Å². The zero-order valence-electron chi connectivity index (χ0n) is 18.3. The zero-order valence-corrected chi connectivity index (χ0v) is 21.5. The highest BCUT2D eigenvalue weighted by molar-refractivity contribution is 7.84. The molecule has 0 unspecified atom stereocenters. The molecule has 1 aliphatic carbocycles. The third-order valence-electron chi connectivity index (χ3n) is 5.50. The number of ketones is 1. The van der Waals surface area contributed by atoms with Gasteiger partial charge in [0.25, 0.3) is 0 Å². The summed E-state index contributed by atoms with van der Waals surface area (Å²) in [5.41, 5.74) is 1.16. The number of anilines is 1. The minimum absolute atomic E-state index is 0.0141. The van der Waals surface area contributed by atoms with Crippen LogP contribution in [0.15, 0.2) is 42.2 Å². The standard InChI is InChI=1S/C22H22Cl2N4O5S2/c23-17-2-1-3-18(20(17)24)32-9-14-7-19(34-11-14)21(29)16-8-26-12-27-22(16)28-15-5-4-13(6-15)10-33-35(25,30)31/h1-3,7-8,11-13,15H,4-6,9-10H2,(H2,25,30,31)(H,26,27,28)/t13-,15+/m1/s1. The van der Waals surface area contributed by atoms with Gasteiger partial charge in [-0.2, -0.15) is 8.42 Å². The van der Waals surface area contributed by atoms with Crippen LogP contribution < -0.4 is 15.2 Å². The molecule has 3 aromatic rings. The van der Waals surface area contributed by atoms with Gasteiger partial charge in [-0.15, -0.1) is 11.3 Å². The van der Waals surface area contributed by atoms with Crippen molar-refractivity contribution in [2.45, 2.75) is 31.9 Å². The lowest BCUT2D eigenvalue weighted by Crippen LogP contribution is -2.22. The molecule has 13 heteroatoms. The Balaban J connectivity index is 1.39. The number of hydrogen-bond donors (Lipinski definition) is 2. The number of ether oxygens (including phenoxy) is 1. The third-order valence-corrected chi connectivity index (χ3v) is 7.74. The van der Waals surface area contributed by atoms with E-state index in [1.807, 2.05) is 5.38 Å². The summed E-state index contributed by atoms with van der Waals surface area (Å²) in [6, 6.07) is 6.92. The number of thiophene rings is 1. The molecule has 1 aromatic carbocycles. The van der Waals surface area contributed by atoms with Crippen LogP contribution in [0.2, 0.25) is 10.0 Å². The molecule has 186 valence electrons. The van der Waals surface area contributed by atoms with Crippen LogP contribution in [0.4, 0.5) is 5.82 Å². The SMILES string of the molecule is NS(=O)(=O)OC[C@@H]1CC[C@H](Nc2ncncc2C(=O)c2cc(COc3cccc(Cl)c3Cl)cs2)C1. The maximum atomic E-state index is 13.2. The Hall–Kier alpha value is -2.28. The van der Waals surface area contributed by atoms with E-state index in [2.05, 4.69) is 15.3 Å². The highest BCUT2D eigenvalue weighted by Crippen LogP contribution is 2.33. The molecule has 35 heavy (non-hydrogen) atoms. The Kier molecular flexibility index (Phi) is 8.25. The number of nitrogens with two attached hydrogens (primary N) is 1. The van der Waals surface area contributed by atoms with Gasteiger partial charge in [-0.1, -0.05) is 29.3 Å². The van der Waals surface area contributed by atoms with Crippen molar-refractivity contribution in [2.24, 2.45) is 11.1 Å². The predicted molar refractivity (Wildman–Crippen MR) is 134 cm³/mol. The Bertz CT molecular complexity index is 1320. The third kappa shape index (κ3) is 6.90. The highest BCUT2D eigenvalue weighted by atomic mass is 35.5. The number of rotatable bonds is 10. The number of benzene rings is 1. The second-order valence-electron chi connectivity index (χ2n) is 8.07. The van der Waals surface area contributed by atoms with Crippen molar-refractivity contribution in [3.05, 3.63) is 68.2 Å². The van der Waals surface area contributed by atoms with Gasteiger partial charge in [0, 0.05) is 17.8 Å². The first-order chi connectivity index (χ1) is 16.7.